The van der Waals surface area contributed by atoms with E-state index in [-0.39, 0.29) is 0 Å². The fraction of sp³-hybridized carbons (Fsp3) is 0.222. The van der Waals surface area contributed by atoms with Crippen molar-refractivity contribution >= 4 is 17.6 Å². The highest BCUT2D eigenvalue weighted by Crippen LogP contribution is 2.17. The van der Waals surface area contributed by atoms with Crippen LogP contribution in [0.1, 0.15) is 6.92 Å². The third-order valence-corrected chi connectivity index (χ3v) is 1.59. The van der Waals surface area contributed by atoms with Gasteiger partial charge in [-0.25, -0.2) is 4.79 Å². The molecule has 13 heavy (non-hydrogen) atoms. The lowest BCUT2D eigenvalue weighted by Crippen LogP contribution is -2.21. The first-order valence-corrected chi connectivity index (χ1v) is 4.12. The molecule has 1 rings (SSSR count). The molecular formula is C9H9ClO3. The monoisotopic (exact) mass is 200 g/mol. The van der Waals surface area contributed by atoms with Crippen molar-refractivity contribution in [1.29, 1.82) is 0 Å². The van der Waals surface area contributed by atoms with Crippen LogP contribution in [0, 0.1) is 0 Å². The van der Waals surface area contributed by atoms with Crippen LogP contribution in [-0.4, -0.2) is 17.2 Å². The van der Waals surface area contributed by atoms with Crippen LogP contribution in [0.5, 0.6) is 5.75 Å². The zero-order valence-corrected chi connectivity index (χ0v) is 7.78. The van der Waals surface area contributed by atoms with Crippen LogP contribution in [0.2, 0.25) is 5.02 Å². The first-order valence-electron chi connectivity index (χ1n) is 3.75. The summed E-state index contributed by atoms with van der Waals surface area (Å²) in [5.74, 6) is -0.360. The van der Waals surface area contributed by atoms with Gasteiger partial charge in [-0.2, -0.15) is 0 Å². The van der Waals surface area contributed by atoms with E-state index in [0.29, 0.717) is 10.8 Å². The number of benzene rings is 1. The minimum atomic E-state index is -1.13. The van der Waals surface area contributed by atoms with Gasteiger partial charge in [0.05, 0.1) is 0 Å². The molecule has 1 N–H and O–H groups in total. The summed E-state index contributed by atoms with van der Waals surface area (Å²) < 4.78 is 4.78. The summed E-state index contributed by atoms with van der Waals surface area (Å²) in [6.07, 6.45) is -1.13. The molecule has 1 aromatic rings. The summed E-state index contributed by atoms with van der Waals surface area (Å²) in [4.78, 5) is 10.9. The third kappa shape index (κ3) is 3.05. The van der Waals surface area contributed by atoms with Crippen molar-refractivity contribution in [2.24, 2.45) is 0 Å². The molecule has 0 aliphatic heterocycles. The van der Waals surface area contributed by atoms with Gasteiger partial charge in [0.15, 0.2) is 0 Å². The Morgan fingerprint density at radius 2 is 2.31 bits per heavy atom. The van der Waals surface area contributed by atoms with E-state index in [0.717, 1.165) is 0 Å². The van der Waals surface area contributed by atoms with Crippen LogP contribution in [0.3, 0.4) is 0 Å². The fourth-order valence-corrected chi connectivity index (χ4v) is 0.912. The van der Waals surface area contributed by atoms with Crippen LogP contribution in [0.15, 0.2) is 24.3 Å². The Kier molecular flexibility index (Phi) is 3.28. The molecule has 1 aromatic carbocycles. The average Bonchev–Trinajstić information content (AvgIpc) is 2.04. The van der Waals surface area contributed by atoms with Crippen molar-refractivity contribution in [3.05, 3.63) is 29.3 Å². The molecule has 0 saturated carbocycles. The van der Waals surface area contributed by atoms with Crippen molar-refractivity contribution in [2.45, 2.75) is 13.0 Å². The van der Waals surface area contributed by atoms with Crippen LogP contribution >= 0.6 is 11.6 Å². The molecular weight excluding hydrogens is 192 g/mol. The summed E-state index contributed by atoms with van der Waals surface area (Å²) in [5.41, 5.74) is 0. The number of aliphatic hydroxyl groups is 1. The molecule has 0 unspecified atom stereocenters. The Morgan fingerprint density at radius 1 is 1.62 bits per heavy atom. The number of hydrogen-bond acceptors (Lipinski definition) is 3. The topological polar surface area (TPSA) is 46.5 Å². The maximum atomic E-state index is 10.9. The van der Waals surface area contributed by atoms with E-state index in [1.807, 2.05) is 0 Å². The van der Waals surface area contributed by atoms with Gasteiger partial charge in [0.25, 0.3) is 0 Å². The van der Waals surface area contributed by atoms with E-state index >= 15 is 0 Å². The van der Waals surface area contributed by atoms with Gasteiger partial charge < -0.3 is 9.84 Å². The molecule has 70 valence electrons. The summed E-state index contributed by atoms with van der Waals surface area (Å²) in [6.45, 7) is 1.34. The van der Waals surface area contributed by atoms with E-state index in [9.17, 15) is 4.79 Å². The van der Waals surface area contributed by atoms with Gasteiger partial charge in [-0.15, -0.1) is 0 Å². The Labute approximate surface area is 80.9 Å². The molecule has 0 radical (unpaired) electrons. The summed E-state index contributed by atoms with van der Waals surface area (Å²) in [6, 6.07) is 6.42. The largest absolute Gasteiger partial charge is 0.425 e. The van der Waals surface area contributed by atoms with Gasteiger partial charge in [-0.05, 0) is 25.1 Å². The zero-order valence-electron chi connectivity index (χ0n) is 7.03. The number of carbonyl (C=O) groups excluding carboxylic acids is 1. The lowest BCUT2D eigenvalue weighted by Gasteiger charge is -2.05. The van der Waals surface area contributed by atoms with Crippen molar-refractivity contribution < 1.29 is 14.6 Å². The molecule has 4 heteroatoms. The molecule has 0 saturated heterocycles. The lowest BCUT2D eigenvalue weighted by atomic mass is 10.3. The zero-order chi connectivity index (χ0) is 9.84. The number of halogens is 1. The molecule has 0 spiro atoms. The average molecular weight is 201 g/mol. The highest BCUT2D eigenvalue weighted by atomic mass is 35.5. The first kappa shape index (κ1) is 10.0. The molecule has 0 aliphatic carbocycles. The molecule has 0 bridgehead atoms. The van der Waals surface area contributed by atoms with Gasteiger partial charge in [-0.1, -0.05) is 17.7 Å². The van der Waals surface area contributed by atoms with E-state index in [2.05, 4.69) is 0 Å². The van der Waals surface area contributed by atoms with Gasteiger partial charge in [-0.3, -0.25) is 0 Å². The van der Waals surface area contributed by atoms with Crippen LogP contribution in [-0.2, 0) is 4.79 Å². The van der Waals surface area contributed by atoms with Gasteiger partial charge in [0, 0.05) is 5.02 Å². The Bertz CT molecular complexity index is 309. The van der Waals surface area contributed by atoms with Crippen LogP contribution < -0.4 is 4.74 Å². The van der Waals surface area contributed by atoms with Gasteiger partial charge >= 0.3 is 5.97 Å². The quantitative estimate of drug-likeness (QED) is 0.583. The predicted octanol–water partition coefficient (Wildman–Crippen LogP) is 1.63. The van der Waals surface area contributed by atoms with E-state index in [1.54, 1.807) is 18.2 Å². The Balaban J connectivity index is 2.69. The third-order valence-electron chi connectivity index (χ3n) is 1.36. The molecule has 0 amide bonds. The SMILES string of the molecule is C[C@@H](O)C(=O)Oc1cccc(Cl)c1. The smallest absolute Gasteiger partial charge is 0.340 e. The number of carbonyl (C=O) groups is 1. The molecule has 0 aliphatic rings. The maximum absolute atomic E-state index is 10.9. The molecule has 0 heterocycles. The molecule has 3 nitrogen and oxygen atoms in total. The second kappa shape index (κ2) is 4.25. The van der Waals surface area contributed by atoms with Gasteiger partial charge in [0.1, 0.15) is 11.9 Å². The number of rotatable bonds is 2. The first-order chi connectivity index (χ1) is 6.09. The molecule has 0 fully saturated rings. The van der Waals surface area contributed by atoms with Crippen molar-refractivity contribution in [1.82, 2.24) is 0 Å². The summed E-state index contributed by atoms with van der Waals surface area (Å²) >= 11 is 5.65. The van der Waals surface area contributed by atoms with E-state index in [1.165, 1.54) is 13.0 Å². The predicted molar refractivity (Wildman–Crippen MR) is 48.8 cm³/mol. The van der Waals surface area contributed by atoms with E-state index < -0.39 is 12.1 Å². The standard InChI is InChI=1S/C9H9ClO3/c1-6(11)9(12)13-8-4-2-3-7(10)5-8/h2-6,11H,1H3/t6-/m1/s1. The van der Waals surface area contributed by atoms with Crippen molar-refractivity contribution in [2.75, 3.05) is 0 Å². The Hall–Kier alpha value is -1.06. The minimum Gasteiger partial charge on any atom is -0.425 e. The van der Waals surface area contributed by atoms with E-state index in [4.69, 9.17) is 21.4 Å². The fourth-order valence-electron chi connectivity index (χ4n) is 0.732. The van der Waals surface area contributed by atoms with Crippen LogP contribution in [0.25, 0.3) is 0 Å². The number of hydrogen-bond donors (Lipinski definition) is 1. The van der Waals surface area contributed by atoms with Crippen LogP contribution in [0.4, 0.5) is 0 Å². The van der Waals surface area contributed by atoms with Gasteiger partial charge in [0.2, 0.25) is 0 Å². The normalized spacial score (nSPS) is 12.2. The second-order valence-electron chi connectivity index (χ2n) is 2.55. The van der Waals surface area contributed by atoms with Crippen molar-refractivity contribution in [3.63, 3.8) is 0 Å². The number of aliphatic hydroxyl groups excluding tert-OH is 1. The summed E-state index contributed by atoms with van der Waals surface area (Å²) in [5, 5.41) is 9.33. The lowest BCUT2D eigenvalue weighted by molar-refractivity contribution is -0.142. The number of ether oxygens (including phenoxy) is 1. The highest BCUT2D eigenvalue weighted by Gasteiger charge is 2.10. The Morgan fingerprint density at radius 3 is 2.85 bits per heavy atom. The molecule has 1 atom stereocenters. The van der Waals surface area contributed by atoms with Crippen molar-refractivity contribution in [3.8, 4) is 5.75 Å². The second-order valence-corrected chi connectivity index (χ2v) is 2.99. The maximum Gasteiger partial charge on any atom is 0.340 e. The minimum absolute atomic E-state index is 0.332. The summed E-state index contributed by atoms with van der Waals surface area (Å²) in [7, 11) is 0. The number of esters is 1. The molecule has 0 aromatic heterocycles. The highest BCUT2D eigenvalue weighted by molar-refractivity contribution is 6.30.